The molecule has 2 N–H and O–H groups in total. The van der Waals surface area contributed by atoms with Gasteiger partial charge in [-0.3, -0.25) is 0 Å². The fraction of sp³-hybridized carbons (Fsp3) is 0.400. The van der Waals surface area contributed by atoms with Gasteiger partial charge in [0.15, 0.2) is 0 Å². The number of aromatic nitrogens is 2. The molecule has 2 aromatic rings. The summed E-state index contributed by atoms with van der Waals surface area (Å²) in [7, 11) is 0. The Hall–Kier alpha value is -1.32. The van der Waals surface area contributed by atoms with Crippen molar-refractivity contribution in [1.29, 1.82) is 0 Å². The Morgan fingerprint density at radius 1 is 1.42 bits per heavy atom. The number of hydrogen-bond donors (Lipinski definition) is 1. The first-order chi connectivity index (χ1) is 9.13. The summed E-state index contributed by atoms with van der Waals surface area (Å²) in [6.45, 7) is 5.13. The molecule has 0 amide bonds. The molecule has 1 atom stereocenters. The van der Waals surface area contributed by atoms with Crippen LogP contribution in [0.1, 0.15) is 36.3 Å². The third kappa shape index (κ3) is 3.17. The SMILES string of the molecule is CCCn1ccnc1CC(N)c1cccc(C)c1Cl. The van der Waals surface area contributed by atoms with Gasteiger partial charge in [0.25, 0.3) is 0 Å². The van der Waals surface area contributed by atoms with E-state index in [1.165, 1.54) is 0 Å². The highest BCUT2D eigenvalue weighted by molar-refractivity contribution is 6.32. The maximum Gasteiger partial charge on any atom is 0.110 e. The van der Waals surface area contributed by atoms with E-state index >= 15 is 0 Å². The summed E-state index contributed by atoms with van der Waals surface area (Å²) in [6, 6.07) is 5.86. The van der Waals surface area contributed by atoms with Gasteiger partial charge in [-0.25, -0.2) is 4.98 Å². The predicted octanol–water partition coefficient (Wildman–Crippen LogP) is 3.50. The number of halogens is 1. The van der Waals surface area contributed by atoms with Crippen molar-refractivity contribution in [2.75, 3.05) is 0 Å². The van der Waals surface area contributed by atoms with Gasteiger partial charge in [0.2, 0.25) is 0 Å². The maximum atomic E-state index is 6.32. The van der Waals surface area contributed by atoms with Crippen LogP contribution in [0.4, 0.5) is 0 Å². The molecule has 1 unspecified atom stereocenters. The molecule has 1 heterocycles. The van der Waals surface area contributed by atoms with Gasteiger partial charge in [-0.1, -0.05) is 36.7 Å². The highest BCUT2D eigenvalue weighted by atomic mass is 35.5. The smallest absolute Gasteiger partial charge is 0.110 e. The van der Waals surface area contributed by atoms with Crippen LogP contribution in [0.2, 0.25) is 5.02 Å². The summed E-state index contributed by atoms with van der Waals surface area (Å²) in [4.78, 5) is 4.39. The van der Waals surface area contributed by atoms with E-state index in [2.05, 4.69) is 16.5 Å². The van der Waals surface area contributed by atoms with Crippen LogP contribution in [-0.4, -0.2) is 9.55 Å². The Labute approximate surface area is 119 Å². The summed E-state index contributed by atoms with van der Waals surface area (Å²) in [5, 5.41) is 0.767. The van der Waals surface area contributed by atoms with Crippen LogP contribution in [0, 0.1) is 6.92 Å². The zero-order chi connectivity index (χ0) is 13.8. The van der Waals surface area contributed by atoms with E-state index in [0.717, 1.165) is 34.9 Å². The Kier molecular flexibility index (Phi) is 4.61. The van der Waals surface area contributed by atoms with Crippen molar-refractivity contribution < 1.29 is 0 Å². The first-order valence-electron chi connectivity index (χ1n) is 6.64. The van der Waals surface area contributed by atoms with Crippen LogP contribution in [0.25, 0.3) is 0 Å². The van der Waals surface area contributed by atoms with Gasteiger partial charge >= 0.3 is 0 Å². The molecule has 0 saturated carbocycles. The molecule has 0 aliphatic heterocycles. The lowest BCUT2D eigenvalue weighted by atomic mass is 10.0. The number of benzene rings is 1. The minimum absolute atomic E-state index is 0.120. The Morgan fingerprint density at radius 3 is 2.95 bits per heavy atom. The molecule has 4 heteroatoms. The van der Waals surface area contributed by atoms with Crippen molar-refractivity contribution in [3.63, 3.8) is 0 Å². The van der Waals surface area contributed by atoms with E-state index in [0.29, 0.717) is 6.42 Å². The largest absolute Gasteiger partial charge is 0.335 e. The normalized spacial score (nSPS) is 12.6. The van der Waals surface area contributed by atoms with E-state index in [4.69, 9.17) is 17.3 Å². The van der Waals surface area contributed by atoms with Crippen LogP contribution < -0.4 is 5.73 Å². The summed E-state index contributed by atoms with van der Waals surface area (Å²) in [5.74, 6) is 1.02. The minimum Gasteiger partial charge on any atom is -0.335 e. The highest BCUT2D eigenvalue weighted by Gasteiger charge is 2.14. The van der Waals surface area contributed by atoms with Gasteiger partial charge in [0.1, 0.15) is 5.82 Å². The quantitative estimate of drug-likeness (QED) is 0.909. The van der Waals surface area contributed by atoms with E-state index in [9.17, 15) is 0 Å². The molecule has 0 radical (unpaired) electrons. The van der Waals surface area contributed by atoms with Crippen LogP contribution in [0.3, 0.4) is 0 Å². The van der Waals surface area contributed by atoms with Crippen LogP contribution in [-0.2, 0) is 13.0 Å². The van der Waals surface area contributed by atoms with Crippen LogP contribution in [0.5, 0.6) is 0 Å². The summed E-state index contributed by atoms with van der Waals surface area (Å²) >= 11 is 6.32. The second kappa shape index (κ2) is 6.22. The zero-order valence-corrected chi connectivity index (χ0v) is 12.2. The fourth-order valence-corrected chi connectivity index (χ4v) is 2.50. The van der Waals surface area contributed by atoms with Crippen molar-refractivity contribution in [3.05, 3.63) is 52.6 Å². The second-order valence-electron chi connectivity index (χ2n) is 4.83. The molecule has 0 fully saturated rings. The van der Waals surface area contributed by atoms with E-state index in [-0.39, 0.29) is 6.04 Å². The predicted molar refractivity (Wildman–Crippen MR) is 79.3 cm³/mol. The number of nitrogens with two attached hydrogens (primary N) is 1. The minimum atomic E-state index is -0.120. The molecule has 1 aromatic carbocycles. The third-order valence-electron chi connectivity index (χ3n) is 3.29. The first-order valence-corrected chi connectivity index (χ1v) is 7.02. The number of aryl methyl sites for hydroxylation is 2. The Morgan fingerprint density at radius 2 is 2.21 bits per heavy atom. The van der Waals surface area contributed by atoms with Crippen LogP contribution >= 0.6 is 11.6 Å². The molecule has 0 aliphatic rings. The lowest BCUT2D eigenvalue weighted by Crippen LogP contribution is -2.17. The summed E-state index contributed by atoms with van der Waals surface area (Å²) in [5.41, 5.74) is 8.34. The molecular formula is C15H20ClN3. The summed E-state index contributed by atoms with van der Waals surface area (Å²) < 4.78 is 2.16. The Bertz CT molecular complexity index is 548. The van der Waals surface area contributed by atoms with E-state index in [1.54, 1.807) is 0 Å². The molecular weight excluding hydrogens is 258 g/mol. The van der Waals surface area contributed by atoms with E-state index < -0.39 is 0 Å². The maximum absolute atomic E-state index is 6.32. The molecule has 102 valence electrons. The standard InChI is InChI=1S/C15H20ClN3/c1-3-8-19-9-7-18-14(19)10-13(17)12-6-4-5-11(2)15(12)16/h4-7,9,13H,3,8,10,17H2,1-2H3. The number of nitrogens with zero attached hydrogens (tertiary/aromatic N) is 2. The van der Waals surface area contributed by atoms with Gasteiger partial charge in [0, 0.05) is 36.4 Å². The molecule has 1 aromatic heterocycles. The van der Waals surface area contributed by atoms with Gasteiger partial charge in [0.05, 0.1) is 0 Å². The summed E-state index contributed by atoms with van der Waals surface area (Å²) in [6.07, 6.45) is 5.62. The van der Waals surface area contributed by atoms with E-state index in [1.807, 2.05) is 37.5 Å². The lowest BCUT2D eigenvalue weighted by molar-refractivity contribution is 0.598. The molecule has 0 aliphatic carbocycles. The van der Waals surface area contributed by atoms with Gasteiger partial charge < -0.3 is 10.3 Å². The topological polar surface area (TPSA) is 43.8 Å². The second-order valence-corrected chi connectivity index (χ2v) is 5.20. The monoisotopic (exact) mass is 277 g/mol. The van der Waals surface area contributed by atoms with Crippen molar-refractivity contribution in [1.82, 2.24) is 9.55 Å². The average molecular weight is 278 g/mol. The van der Waals surface area contributed by atoms with Crippen molar-refractivity contribution in [3.8, 4) is 0 Å². The molecule has 0 saturated heterocycles. The highest BCUT2D eigenvalue weighted by Crippen LogP contribution is 2.26. The lowest BCUT2D eigenvalue weighted by Gasteiger charge is -2.15. The molecule has 0 spiro atoms. The number of hydrogen-bond acceptors (Lipinski definition) is 2. The van der Waals surface area contributed by atoms with Gasteiger partial charge in [-0.05, 0) is 24.5 Å². The Balaban J connectivity index is 2.18. The molecule has 0 bridgehead atoms. The molecule has 3 nitrogen and oxygen atoms in total. The zero-order valence-electron chi connectivity index (χ0n) is 11.4. The molecule has 2 rings (SSSR count). The number of rotatable bonds is 5. The third-order valence-corrected chi connectivity index (χ3v) is 3.81. The van der Waals surface area contributed by atoms with Crippen LogP contribution in [0.15, 0.2) is 30.6 Å². The number of imidazole rings is 1. The van der Waals surface area contributed by atoms with Crippen molar-refractivity contribution in [2.45, 2.75) is 39.3 Å². The first kappa shape index (κ1) is 14.1. The van der Waals surface area contributed by atoms with Gasteiger partial charge in [-0.15, -0.1) is 0 Å². The van der Waals surface area contributed by atoms with Crippen molar-refractivity contribution in [2.24, 2.45) is 5.73 Å². The molecule has 19 heavy (non-hydrogen) atoms. The fourth-order valence-electron chi connectivity index (χ4n) is 2.24. The van der Waals surface area contributed by atoms with Crippen molar-refractivity contribution >= 4 is 11.6 Å². The van der Waals surface area contributed by atoms with Gasteiger partial charge in [-0.2, -0.15) is 0 Å². The average Bonchev–Trinajstić information content (AvgIpc) is 2.80.